The molecule has 0 spiro atoms. The number of carbonyl (C=O) groups excluding carboxylic acids is 1. The molecule has 2 unspecified atom stereocenters. The standard InChI is InChI=1S/C17H23F3N2O2.ClH/c1-4-24-13-9-16(21,15(13,2)3)14(23)22-10-11-5-7-12(8-6-11)17(18,19)20;/h5-8,13H,4,9-10,21H2,1-3H3,(H,22,23);1H. The average Bonchev–Trinajstić information content (AvgIpc) is 2.51. The largest absolute Gasteiger partial charge is 0.416 e. The Morgan fingerprint density at radius 1 is 1.32 bits per heavy atom. The van der Waals surface area contributed by atoms with Gasteiger partial charge in [0, 0.05) is 25.0 Å². The van der Waals surface area contributed by atoms with E-state index in [-0.39, 0.29) is 31.0 Å². The first-order valence-corrected chi connectivity index (χ1v) is 7.87. The maximum absolute atomic E-state index is 12.5. The number of hydrogen-bond acceptors (Lipinski definition) is 3. The summed E-state index contributed by atoms with van der Waals surface area (Å²) in [5, 5.41) is 2.72. The minimum atomic E-state index is -4.37. The molecule has 1 aliphatic rings. The Morgan fingerprint density at radius 3 is 2.32 bits per heavy atom. The Balaban J connectivity index is 0.00000312. The van der Waals surface area contributed by atoms with Crippen molar-refractivity contribution in [3.8, 4) is 0 Å². The predicted molar refractivity (Wildman–Crippen MR) is 91.3 cm³/mol. The molecule has 0 heterocycles. The number of amides is 1. The SMILES string of the molecule is CCOC1CC(N)(C(=O)NCc2ccc(C(F)(F)F)cc2)C1(C)C.Cl. The van der Waals surface area contributed by atoms with Crippen molar-refractivity contribution in [3.05, 3.63) is 35.4 Å². The molecule has 1 aromatic carbocycles. The minimum Gasteiger partial charge on any atom is -0.378 e. The second kappa shape index (κ2) is 7.51. The van der Waals surface area contributed by atoms with Crippen molar-refractivity contribution in [3.63, 3.8) is 0 Å². The van der Waals surface area contributed by atoms with Gasteiger partial charge in [-0.3, -0.25) is 4.79 Å². The highest BCUT2D eigenvalue weighted by atomic mass is 35.5. The van der Waals surface area contributed by atoms with E-state index in [1.807, 2.05) is 20.8 Å². The third kappa shape index (κ3) is 4.10. The summed E-state index contributed by atoms with van der Waals surface area (Å²) in [7, 11) is 0. The van der Waals surface area contributed by atoms with Crippen LogP contribution in [0.4, 0.5) is 13.2 Å². The molecule has 0 bridgehead atoms. The number of alkyl halides is 3. The van der Waals surface area contributed by atoms with Gasteiger partial charge in [0.2, 0.25) is 5.91 Å². The molecule has 0 saturated heterocycles. The van der Waals surface area contributed by atoms with Crippen molar-refractivity contribution in [1.82, 2.24) is 5.32 Å². The number of rotatable bonds is 5. The van der Waals surface area contributed by atoms with Crippen molar-refractivity contribution >= 4 is 18.3 Å². The molecule has 0 aromatic heterocycles. The molecule has 8 heteroatoms. The van der Waals surface area contributed by atoms with Crippen LogP contribution in [0.15, 0.2) is 24.3 Å². The molecule has 1 fully saturated rings. The van der Waals surface area contributed by atoms with E-state index in [9.17, 15) is 18.0 Å². The number of carbonyl (C=O) groups is 1. The summed E-state index contributed by atoms with van der Waals surface area (Å²) < 4.78 is 43.2. The van der Waals surface area contributed by atoms with Gasteiger partial charge in [-0.05, 0) is 24.6 Å². The van der Waals surface area contributed by atoms with Crippen LogP contribution < -0.4 is 11.1 Å². The molecule has 1 amide bonds. The summed E-state index contributed by atoms with van der Waals surface area (Å²) in [5.74, 6) is -0.316. The van der Waals surface area contributed by atoms with Crippen molar-refractivity contribution in [2.45, 2.75) is 51.6 Å². The van der Waals surface area contributed by atoms with Crippen molar-refractivity contribution in [1.29, 1.82) is 0 Å². The quantitative estimate of drug-likeness (QED) is 0.824. The molecule has 1 aromatic rings. The van der Waals surface area contributed by atoms with Crippen LogP contribution >= 0.6 is 12.4 Å². The van der Waals surface area contributed by atoms with Crippen LogP contribution in [-0.4, -0.2) is 24.2 Å². The van der Waals surface area contributed by atoms with Crippen molar-refractivity contribution < 1.29 is 22.7 Å². The number of benzene rings is 1. The molecule has 2 rings (SSSR count). The summed E-state index contributed by atoms with van der Waals surface area (Å²) in [6.07, 6.45) is -4.02. The average molecular weight is 381 g/mol. The van der Waals surface area contributed by atoms with Crippen LogP contribution in [0.2, 0.25) is 0 Å². The summed E-state index contributed by atoms with van der Waals surface area (Å²) in [6.45, 7) is 6.34. The van der Waals surface area contributed by atoms with Gasteiger partial charge in [0.1, 0.15) is 5.54 Å². The Morgan fingerprint density at radius 2 is 1.88 bits per heavy atom. The molecular weight excluding hydrogens is 357 g/mol. The zero-order chi connectivity index (χ0) is 18.2. The van der Waals surface area contributed by atoms with Crippen molar-refractivity contribution in [2.24, 2.45) is 11.1 Å². The molecule has 4 nitrogen and oxygen atoms in total. The van der Waals surface area contributed by atoms with E-state index in [1.54, 1.807) is 0 Å². The Hall–Kier alpha value is -1.31. The Bertz CT molecular complexity index is 605. The topological polar surface area (TPSA) is 64.3 Å². The first-order valence-electron chi connectivity index (χ1n) is 7.87. The number of ether oxygens (including phenoxy) is 1. The van der Waals surface area contributed by atoms with Crippen LogP contribution in [0, 0.1) is 5.41 Å². The second-order valence-electron chi connectivity index (χ2n) is 6.72. The maximum Gasteiger partial charge on any atom is 0.416 e. The van der Waals surface area contributed by atoms with E-state index in [0.29, 0.717) is 18.6 Å². The predicted octanol–water partition coefficient (Wildman–Crippen LogP) is 3.28. The van der Waals surface area contributed by atoms with Crippen molar-refractivity contribution in [2.75, 3.05) is 6.61 Å². The van der Waals surface area contributed by atoms with Crippen LogP contribution in [0.3, 0.4) is 0 Å². The first kappa shape index (κ1) is 21.7. The lowest BCUT2D eigenvalue weighted by Gasteiger charge is -2.57. The van der Waals surface area contributed by atoms with Crippen LogP contribution in [-0.2, 0) is 22.3 Å². The van der Waals surface area contributed by atoms with Gasteiger partial charge in [-0.15, -0.1) is 12.4 Å². The van der Waals surface area contributed by atoms with E-state index in [1.165, 1.54) is 12.1 Å². The van der Waals surface area contributed by atoms with Gasteiger partial charge in [-0.25, -0.2) is 0 Å². The number of nitrogens with two attached hydrogens (primary N) is 1. The summed E-state index contributed by atoms with van der Waals surface area (Å²) in [5.41, 5.74) is 4.57. The van der Waals surface area contributed by atoms with E-state index >= 15 is 0 Å². The van der Waals surface area contributed by atoms with E-state index in [0.717, 1.165) is 12.1 Å². The normalized spacial score (nSPS) is 24.8. The monoisotopic (exact) mass is 380 g/mol. The molecule has 142 valence electrons. The minimum absolute atomic E-state index is 0. The fourth-order valence-corrected chi connectivity index (χ4v) is 2.97. The molecule has 0 radical (unpaired) electrons. The Labute approximate surface area is 151 Å². The molecule has 3 N–H and O–H groups in total. The van der Waals surface area contributed by atoms with Crippen LogP contribution in [0.25, 0.3) is 0 Å². The first-order chi connectivity index (χ1) is 11.0. The van der Waals surface area contributed by atoms with Crippen LogP contribution in [0.5, 0.6) is 0 Å². The van der Waals surface area contributed by atoms with Gasteiger partial charge < -0.3 is 15.8 Å². The zero-order valence-electron chi connectivity index (χ0n) is 14.4. The lowest BCUT2D eigenvalue weighted by atomic mass is 9.54. The van der Waals surface area contributed by atoms with Gasteiger partial charge in [0.25, 0.3) is 0 Å². The van der Waals surface area contributed by atoms with Gasteiger partial charge in [0.05, 0.1) is 11.7 Å². The molecule has 0 aliphatic heterocycles. The van der Waals surface area contributed by atoms with E-state index < -0.39 is 22.7 Å². The second-order valence-corrected chi connectivity index (χ2v) is 6.72. The number of halogens is 4. The summed E-state index contributed by atoms with van der Waals surface area (Å²) in [6, 6.07) is 4.69. The highest BCUT2D eigenvalue weighted by Crippen LogP contribution is 2.49. The zero-order valence-corrected chi connectivity index (χ0v) is 15.3. The van der Waals surface area contributed by atoms with Gasteiger partial charge in [-0.1, -0.05) is 26.0 Å². The van der Waals surface area contributed by atoms with Gasteiger partial charge >= 0.3 is 6.18 Å². The molecule has 1 saturated carbocycles. The van der Waals surface area contributed by atoms with Gasteiger partial charge in [0.15, 0.2) is 0 Å². The lowest BCUT2D eigenvalue weighted by Crippen LogP contribution is -2.75. The maximum atomic E-state index is 12.5. The Kier molecular flexibility index (Phi) is 6.53. The van der Waals surface area contributed by atoms with Crippen LogP contribution in [0.1, 0.15) is 38.3 Å². The smallest absolute Gasteiger partial charge is 0.378 e. The molecule has 1 aliphatic carbocycles. The molecular formula is C17H24ClF3N2O2. The number of nitrogens with one attached hydrogen (secondary N) is 1. The lowest BCUT2D eigenvalue weighted by molar-refractivity contribution is -0.170. The molecule has 25 heavy (non-hydrogen) atoms. The third-order valence-electron chi connectivity index (χ3n) is 4.97. The third-order valence-corrected chi connectivity index (χ3v) is 4.97. The summed E-state index contributed by atoms with van der Waals surface area (Å²) >= 11 is 0. The van der Waals surface area contributed by atoms with E-state index in [2.05, 4.69) is 5.32 Å². The highest BCUT2D eigenvalue weighted by Gasteiger charge is 2.62. The molecule has 2 atom stereocenters. The fraction of sp³-hybridized carbons (Fsp3) is 0.588. The highest BCUT2D eigenvalue weighted by molar-refractivity contribution is 5.88. The number of hydrogen-bond donors (Lipinski definition) is 2. The fourth-order valence-electron chi connectivity index (χ4n) is 2.97. The summed E-state index contributed by atoms with van der Waals surface area (Å²) in [4.78, 5) is 12.4. The van der Waals surface area contributed by atoms with E-state index in [4.69, 9.17) is 10.5 Å². The van der Waals surface area contributed by atoms with Gasteiger partial charge in [-0.2, -0.15) is 13.2 Å².